The first-order valence-corrected chi connectivity index (χ1v) is 7.61. The van der Waals surface area contributed by atoms with Gasteiger partial charge in [0.15, 0.2) is 0 Å². The van der Waals surface area contributed by atoms with Crippen molar-refractivity contribution in [1.82, 2.24) is 19.7 Å². The van der Waals surface area contributed by atoms with Crippen LogP contribution < -0.4 is 5.32 Å². The maximum Gasteiger partial charge on any atom is 0.222 e. The second kappa shape index (κ2) is 5.62. The Kier molecular flexibility index (Phi) is 3.46. The Morgan fingerprint density at radius 1 is 1.26 bits per heavy atom. The van der Waals surface area contributed by atoms with E-state index in [1.807, 2.05) is 12.1 Å². The van der Waals surface area contributed by atoms with Crippen molar-refractivity contribution in [3.05, 3.63) is 71.0 Å². The Bertz CT molecular complexity index is 815. The van der Waals surface area contributed by atoms with Crippen LogP contribution in [0.1, 0.15) is 29.6 Å². The van der Waals surface area contributed by atoms with Crippen LogP contribution in [0.3, 0.4) is 0 Å². The van der Waals surface area contributed by atoms with Gasteiger partial charge < -0.3 is 5.32 Å². The minimum Gasteiger partial charge on any atom is -0.347 e. The first kappa shape index (κ1) is 14.1. The molecule has 2 atom stereocenters. The van der Waals surface area contributed by atoms with E-state index in [2.05, 4.69) is 20.4 Å². The maximum absolute atomic E-state index is 14.4. The predicted molar refractivity (Wildman–Crippen MR) is 84.8 cm³/mol. The molecule has 1 aliphatic rings. The Morgan fingerprint density at radius 3 is 2.96 bits per heavy atom. The molecule has 0 bridgehead atoms. The number of nitrogens with zero attached hydrogens (tertiary/aromatic N) is 4. The number of aromatic nitrogens is 4. The van der Waals surface area contributed by atoms with Crippen LogP contribution in [0.5, 0.6) is 0 Å². The molecule has 0 aliphatic carbocycles. The molecule has 4 rings (SSSR count). The van der Waals surface area contributed by atoms with Gasteiger partial charge in [0.25, 0.3) is 0 Å². The van der Waals surface area contributed by atoms with E-state index in [1.54, 1.807) is 29.2 Å². The van der Waals surface area contributed by atoms with Crippen LogP contribution in [-0.2, 0) is 0 Å². The van der Waals surface area contributed by atoms with Gasteiger partial charge in [0.05, 0.1) is 12.1 Å². The van der Waals surface area contributed by atoms with E-state index < -0.39 is 0 Å². The van der Waals surface area contributed by atoms with Gasteiger partial charge in [-0.15, -0.1) is 0 Å². The van der Waals surface area contributed by atoms with Crippen molar-refractivity contribution >= 4 is 17.5 Å². The summed E-state index contributed by atoms with van der Waals surface area (Å²) in [7, 11) is 0. The van der Waals surface area contributed by atoms with Crippen molar-refractivity contribution in [2.24, 2.45) is 0 Å². The van der Waals surface area contributed by atoms with E-state index in [1.165, 1.54) is 12.4 Å². The van der Waals surface area contributed by atoms with Gasteiger partial charge in [0, 0.05) is 23.0 Å². The minimum atomic E-state index is -0.337. The molecule has 0 radical (unpaired) electrons. The number of nitrogens with one attached hydrogen (secondary N) is 1. The highest BCUT2D eigenvalue weighted by molar-refractivity contribution is 6.31. The van der Waals surface area contributed by atoms with Crippen LogP contribution in [0.2, 0.25) is 5.02 Å². The highest BCUT2D eigenvalue weighted by Gasteiger charge is 2.32. The molecule has 2 aromatic heterocycles. The van der Waals surface area contributed by atoms with E-state index in [0.29, 0.717) is 23.0 Å². The molecule has 5 nitrogen and oxygen atoms in total. The molecule has 0 saturated carbocycles. The average molecular weight is 330 g/mol. The molecule has 3 heterocycles. The molecule has 0 amide bonds. The van der Waals surface area contributed by atoms with Crippen LogP contribution in [0.4, 0.5) is 10.3 Å². The van der Waals surface area contributed by atoms with Gasteiger partial charge in [-0.25, -0.2) is 9.07 Å². The van der Waals surface area contributed by atoms with Crippen LogP contribution in [0, 0.1) is 5.82 Å². The highest BCUT2D eigenvalue weighted by Crippen LogP contribution is 2.40. The second-order valence-electron chi connectivity index (χ2n) is 5.40. The number of hydrogen-bond acceptors (Lipinski definition) is 4. The smallest absolute Gasteiger partial charge is 0.222 e. The number of anilines is 1. The summed E-state index contributed by atoms with van der Waals surface area (Å²) in [6.45, 7) is 0. The maximum atomic E-state index is 14.4. The lowest BCUT2D eigenvalue weighted by Gasteiger charge is -2.32. The van der Waals surface area contributed by atoms with Crippen LogP contribution in [-0.4, -0.2) is 19.7 Å². The lowest BCUT2D eigenvalue weighted by atomic mass is 9.94. The van der Waals surface area contributed by atoms with E-state index in [-0.39, 0.29) is 17.9 Å². The lowest BCUT2D eigenvalue weighted by Crippen LogP contribution is -2.28. The third-order valence-electron chi connectivity index (χ3n) is 4.05. The summed E-state index contributed by atoms with van der Waals surface area (Å²) < 4.78 is 16.1. The molecule has 23 heavy (non-hydrogen) atoms. The summed E-state index contributed by atoms with van der Waals surface area (Å²) in [6, 6.07) is 8.20. The van der Waals surface area contributed by atoms with Crippen LogP contribution in [0.15, 0.2) is 49.1 Å². The third-order valence-corrected chi connectivity index (χ3v) is 4.38. The summed E-state index contributed by atoms with van der Waals surface area (Å²) in [5, 5.41) is 7.93. The SMILES string of the molecule is Fc1cccc(Cl)c1C1CC(c2cccnc2)Nc2ncnn21. The fourth-order valence-corrected chi connectivity index (χ4v) is 3.28. The molecule has 7 heteroatoms. The molecule has 1 N–H and O–H groups in total. The van der Waals surface area contributed by atoms with Crippen LogP contribution >= 0.6 is 11.6 Å². The quantitative estimate of drug-likeness (QED) is 0.780. The van der Waals surface area contributed by atoms with Gasteiger partial charge in [-0.3, -0.25) is 4.98 Å². The fourth-order valence-electron chi connectivity index (χ4n) is 2.99. The second-order valence-corrected chi connectivity index (χ2v) is 5.81. The Labute approximate surface area is 137 Å². The molecular weight excluding hydrogens is 317 g/mol. The first-order chi connectivity index (χ1) is 11.2. The van der Waals surface area contributed by atoms with Gasteiger partial charge in [0.2, 0.25) is 5.95 Å². The molecule has 2 unspecified atom stereocenters. The Balaban J connectivity index is 1.80. The van der Waals surface area contributed by atoms with Gasteiger partial charge in [0.1, 0.15) is 12.1 Å². The molecule has 0 fully saturated rings. The molecule has 1 aromatic carbocycles. The third kappa shape index (κ3) is 2.45. The Morgan fingerprint density at radius 2 is 2.17 bits per heavy atom. The zero-order chi connectivity index (χ0) is 15.8. The monoisotopic (exact) mass is 329 g/mol. The zero-order valence-corrected chi connectivity index (χ0v) is 12.8. The molecular formula is C16H13ClFN5. The topological polar surface area (TPSA) is 55.6 Å². The minimum absolute atomic E-state index is 0.0407. The fraction of sp³-hybridized carbons (Fsp3) is 0.188. The normalized spacial score (nSPS) is 19.9. The van der Waals surface area contributed by atoms with Crippen molar-refractivity contribution in [2.75, 3.05) is 5.32 Å². The number of fused-ring (bicyclic) bond motifs is 1. The van der Waals surface area contributed by atoms with E-state index in [4.69, 9.17) is 11.6 Å². The molecule has 1 aliphatic heterocycles. The molecule has 0 spiro atoms. The van der Waals surface area contributed by atoms with Gasteiger partial charge in [-0.05, 0) is 30.2 Å². The van der Waals surface area contributed by atoms with E-state index in [9.17, 15) is 4.39 Å². The van der Waals surface area contributed by atoms with Crippen molar-refractivity contribution in [3.8, 4) is 0 Å². The van der Waals surface area contributed by atoms with Gasteiger partial charge in [-0.1, -0.05) is 23.7 Å². The number of pyridine rings is 1. The van der Waals surface area contributed by atoms with Crippen molar-refractivity contribution < 1.29 is 4.39 Å². The Hall–Kier alpha value is -2.47. The number of hydrogen-bond donors (Lipinski definition) is 1. The average Bonchev–Trinajstić information content (AvgIpc) is 3.04. The van der Waals surface area contributed by atoms with Crippen molar-refractivity contribution in [2.45, 2.75) is 18.5 Å². The summed E-state index contributed by atoms with van der Waals surface area (Å²) >= 11 is 6.26. The van der Waals surface area contributed by atoms with E-state index >= 15 is 0 Å². The molecule has 3 aromatic rings. The predicted octanol–water partition coefficient (Wildman–Crippen LogP) is 3.61. The van der Waals surface area contributed by atoms with E-state index in [0.717, 1.165) is 5.56 Å². The standard InChI is InChI=1S/C16H13ClFN5/c17-11-4-1-5-12(18)15(11)14-7-13(10-3-2-6-19-8-10)22-16-20-9-21-23(14)16/h1-6,8-9,13-14H,7H2,(H,20,21,22). The lowest BCUT2D eigenvalue weighted by molar-refractivity contribution is 0.415. The summed E-state index contributed by atoms with van der Waals surface area (Å²) in [6.07, 6.45) is 5.57. The summed E-state index contributed by atoms with van der Waals surface area (Å²) in [4.78, 5) is 8.38. The number of halogens is 2. The summed E-state index contributed by atoms with van der Waals surface area (Å²) in [5.41, 5.74) is 1.45. The van der Waals surface area contributed by atoms with Gasteiger partial charge in [-0.2, -0.15) is 10.1 Å². The number of rotatable bonds is 2. The number of benzene rings is 1. The molecule has 0 saturated heterocycles. The van der Waals surface area contributed by atoms with Gasteiger partial charge >= 0.3 is 0 Å². The van der Waals surface area contributed by atoms with Crippen LogP contribution in [0.25, 0.3) is 0 Å². The largest absolute Gasteiger partial charge is 0.347 e. The highest BCUT2D eigenvalue weighted by atomic mass is 35.5. The molecule has 116 valence electrons. The van der Waals surface area contributed by atoms with Crippen molar-refractivity contribution in [1.29, 1.82) is 0 Å². The first-order valence-electron chi connectivity index (χ1n) is 7.24. The summed E-state index contributed by atoms with van der Waals surface area (Å²) in [5.74, 6) is 0.255. The van der Waals surface area contributed by atoms with Crippen molar-refractivity contribution in [3.63, 3.8) is 0 Å². The zero-order valence-electron chi connectivity index (χ0n) is 12.0.